The van der Waals surface area contributed by atoms with Crippen molar-refractivity contribution in [1.29, 1.82) is 0 Å². The van der Waals surface area contributed by atoms with Crippen molar-refractivity contribution >= 4 is 59.5 Å². The number of hydrogen-bond acceptors (Lipinski definition) is 12. The molecule has 1 saturated carbocycles. The molecule has 1 heterocycles. The van der Waals surface area contributed by atoms with E-state index >= 15 is 0 Å². The monoisotopic (exact) mass is 667 g/mol. The largest absolute Gasteiger partial charge is 0.467 e. The third kappa shape index (κ3) is 8.04. The van der Waals surface area contributed by atoms with Gasteiger partial charge in [-0.2, -0.15) is 0 Å². The van der Waals surface area contributed by atoms with Crippen LogP contribution in [0, 0.1) is 0 Å². The summed E-state index contributed by atoms with van der Waals surface area (Å²) in [6.45, 7) is 10.0. The van der Waals surface area contributed by atoms with Crippen LogP contribution in [-0.4, -0.2) is 94.4 Å². The zero-order valence-electron chi connectivity index (χ0n) is 26.6. The fourth-order valence-electron chi connectivity index (χ4n) is 5.15. The molecule has 1 aromatic rings. The first kappa shape index (κ1) is 36.0. The average Bonchev–Trinajstić information content (AvgIpc) is 3.07. The molecular weight excluding hydrogens is 626 g/mol. The van der Waals surface area contributed by atoms with Crippen LogP contribution in [-0.2, 0) is 38.1 Å². The van der Waals surface area contributed by atoms with Gasteiger partial charge in [0.2, 0.25) is 11.8 Å². The molecule has 1 aromatic carbocycles. The Labute approximate surface area is 270 Å². The molecule has 13 nitrogen and oxygen atoms in total. The van der Waals surface area contributed by atoms with Crippen LogP contribution in [0.2, 0.25) is 0 Å². The number of nitrogens with one attached hydrogen (secondary N) is 3. The van der Waals surface area contributed by atoms with Crippen molar-refractivity contribution in [3.8, 4) is 0 Å². The number of alkyl carbamates (subject to hydrolysis) is 2. The third-order valence-electron chi connectivity index (χ3n) is 7.04. The second kappa shape index (κ2) is 13.9. The number of ether oxygens (including phenoxy) is 4. The SMILES string of the molecule is COC(=O)[C@H](CS[C@]12CC(c3ccccc3)[C@@]1(SC[C@H](NC(=O)OC(C)(C)C)C(=O)OC)C(=O)NC2=O)NC(=O)OC(C)(C)C. The maximum Gasteiger partial charge on any atom is 0.408 e. The molecule has 0 bridgehead atoms. The van der Waals surface area contributed by atoms with E-state index in [1.54, 1.807) is 41.5 Å². The zero-order chi connectivity index (χ0) is 33.8. The van der Waals surface area contributed by atoms with E-state index in [0.29, 0.717) is 0 Å². The highest BCUT2D eigenvalue weighted by atomic mass is 32.2. The maximum absolute atomic E-state index is 13.8. The molecule has 3 rings (SSSR count). The van der Waals surface area contributed by atoms with E-state index in [0.717, 1.165) is 29.1 Å². The molecule has 0 spiro atoms. The zero-order valence-corrected chi connectivity index (χ0v) is 28.3. The predicted molar refractivity (Wildman–Crippen MR) is 168 cm³/mol. The van der Waals surface area contributed by atoms with Gasteiger partial charge in [0.1, 0.15) is 32.8 Å². The topological polar surface area (TPSA) is 175 Å². The normalized spacial score (nSPS) is 23.8. The summed E-state index contributed by atoms with van der Waals surface area (Å²) in [6, 6.07) is 6.72. The fourth-order valence-corrected chi connectivity index (χ4v) is 8.75. The minimum Gasteiger partial charge on any atom is -0.467 e. The summed E-state index contributed by atoms with van der Waals surface area (Å²) in [5.74, 6) is -3.41. The quantitative estimate of drug-likeness (QED) is 0.179. The van der Waals surface area contributed by atoms with Gasteiger partial charge in [0.05, 0.1) is 14.2 Å². The molecular formula is C30H41N3O10S2. The van der Waals surface area contributed by atoms with Crippen molar-refractivity contribution in [2.24, 2.45) is 0 Å². The molecule has 0 radical (unpaired) electrons. The van der Waals surface area contributed by atoms with Crippen LogP contribution in [0.4, 0.5) is 9.59 Å². The Morgan fingerprint density at radius 3 is 1.73 bits per heavy atom. The van der Waals surface area contributed by atoms with Gasteiger partial charge in [0.15, 0.2) is 0 Å². The van der Waals surface area contributed by atoms with Crippen molar-refractivity contribution in [1.82, 2.24) is 16.0 Å². The Bertz CT molecular complexity index is 1310. The molecule has 2 aliphatic rings. The molecule has 3 N–H and O–H groups in total. The van der Waals surface area contributed by atoms with Gasteiger partial charge in [-0.15, -0.1) is 23.5 Å². The van der Waals surface area contributed by atoms with Crippen molar-refractivity contribution in [2.75, 3.05) is 25.7 Å². The summed E-state index contributed by atoms with van der Waals surface area (Å²) in [5.41, 5.74) is -0.881. The number of amides is 4. The summed E-state index contributed by atoms with van der Waals surface area (Å²) < 4.78 is 17.6. The van der Waals surface area contributed by atoms with Gasteiger partial charge in [-0.25, -0.2) is 19.2 Å². The van der Waals surface area contributed by atoms with E-state index in [1.165, 1.54) is 14.2 Å². The molecule has 15 heteroatoms. The van der Waals surface area contributed by atoms with E-state index in [-0.39, 0.29) is 17.9 Å². The van der Waals surface area contributed by atoms with Crippen molar-refractivity contribution in [2.45, 2.75) is 86.7 Å². The smallest absolute Gasteiger partial charge is 0.408 e. The van der Waals surface area contributed by atoms with Gasteiger partial charge in [-0.3, -0.25) is 14.9 Å². The van der Waals surface area contributed by atoms with Crippen molar-refractivity contribution in [3.63, 3.8) is 0 Å². The Hall–Kier alpha value is -3.46. The van der Waals surface area contributed by atoms with Crippen LogP contribution in [0.1, 0.15) is 59.4 Å². The summed E-state index contributed by atoms with van der Waals surface area (Å²) in [7, 11) is 2.34. The number of fused-ring (bicyclic) bond motifs is 1. The van der Waals surface area contributed by atoms with Crippen LogP contribution >= 0.6 is 23.5 Å². The maximum atomic E-state index is 13.8. The Kier molecular flexibility index (Phi) is 11.1. The van der Waals surface area contributed by atoms with Crippen molar-refractivity contribution < 1.29 is 47.7 Å². The highest BCUT2D eigenvalue weighted by Crippen LogP contribution is 2.68. The molecule has 2 fully saturated rings. The standard InChI is InChI=1S/C30H41N3O10S2/c1-27(2,3)42-25(38)31-19(21(34)40-7)15-44-29-14-18(17-12-10-9-11-13-17)30(29,24(37)33-23(29)36)45-16-20(22(35)41-8)32-26(39)43-28(4,5)6/h9-13,18-20H,14-16H2,1-8H3,(H,31,38)(H,32,39)(H,33,36,37)/t18?,19-,20-,29-,30+/m0/s1. The lowest BCUT2D eigenvalue weighted by atomic mass is 9.61. The molecule has 1 saturated heterocycles. The second-order valence-corrected chi connectivity index (χ2v) is 15.2. The summed E-state index contributed by atoms with van der Waals surface area (Å²) in [6.07, 6.45) is -1.49. The first-order chi connectivity index (χ1) is 20.9. The summed E-state index contributed by atoms with van der Waals surface area (Å²) in [4.78, 5) is 77.9. The van der Waals surface area contributed by atoms with Crippen LogP contribution in [0.25, 0.3) is 0 Å². The molecule has 1 aliphatic heterocycles. The molecule has 0 aromatic heterocycles. The number of benzene rings is 1. The number of carbonyl (C=O) groups excluding carboxylic acids is 6. The van der Waals surface area contributed by atoms with Gasteiger partial charge in [0.25, 0.3) is 0 Å². The lowest BCUT2D eigenvalue weighted by Crippen LogP contribution is -2.67. The first-order valence-corrected chi connectivity index (χ1v) is 16.2. The number of thioether (sulfide) groups is 2. The third-order valence-corrected chi connectivity index (χ3v) is 10.6. The van der Waals surface area contributed by atoms with Gasteiger partial charge in [-0.1, -0.05) is 30.3 Å². The van der Waals surface area contributed by atoms with E-state index in [2.05, 4.69) is 16.0 Å². The number of rotatable bonds is 11. The second-order valence-electron chi connectivity index (χ2n) is 12.6. The molecule has 45 heavy (non-hydrogen) atoms. The fraction of sp³-hybridized carbons (Fsp3) is 0.600. The minimum absolute atomic E-state index is 0.132. The van der Waals surface area contributed by atoms with E-state index < -0.39 is 74.6 Å². The number of hydrogen-bond donors (Lipinski definition) is 3. The molecule has 4 amide bonds. The predicted octanol–water partition coefficient (Wildman–Crippen LogP) is 2.91. The van der Waals surface area contributed by atoms with E-state index in [4.69, 9.17) is 18.9 Å². The summed E-state index contributed by atoms with van der Waals surface area (Å²) in [5, 5.41) is 7.47. The molecule has 1 aliphatic carbocycles. The lowest BCUT2D eigenvalue weighted by molar-refractivity contribution is -0.143. The highest BCUT2D eigenvalue weighted by Gasteiger charge is 2.78. The van der Waals surface area contributed by atoms with Crippen molar-refractivity contribution in [3.05, 3.63) is 35.9 Å². The van der Waals surface area contributed by atoms with Gasteiger partial charge < -0.3 is 29.6 Å². The Morgan fingerprint density at radius 1 is 0.822 bits per heavy atom. The van der Waals surface area contributed by atoms with Gasteiger partial charge in [-0.05, 0) is 53.5 Å². The highest BCUT2D eigenvalue weighted by molar-refractivity contribution is 8.06. The number of imide groups is 1. The number of esters is 2. The van der Waals surface area contributed by atoms with Crippen LogP contribution in [0.15, 0.2) is 30.3 Å². The summed E-state index contributed by atoms with van der Waals surface area (Å²) >= 11 is 2.08. The molecule has 5 atom stereocenters. The van der Waals surface area contributed by atoms with E-state index in [9.17, 15) is 28.8 Å². The minimum atomic E-state index is -1.45. The number of carbonyl (C=O) groups is 6. The van der Waals surface area contributed by atoms with Gasteiger partial charge >= 0.3 is 24.1 Å². The van der Waals surface area contributed by atoms with Crippen LogP contribution in [0.3, 0.4) is 0 Å². The average molecular weight is 668 g/mol. The Morgan fingerprint density at radius 2 is 1.29 bits per heavy atom. The number of methoxy groups -OCH3 is 2. The lowest BCUT2D eigenvalue weighted by Gasteiger charge is -2.56. The first-order valence-electron chi connectivity index (χ1n) is 14.2. The van der Waals surface area contributed by atoms with Crippen LogP contribution in [0.5, 0.6) is 0 Å². The molecule has 248 valence electrons. The Balaban J connectivity index is 1.96. The molecule has 1 unspecified atom stereocenters. The van der Waals surface area contributed by atoms with E-state index in [1.807, 2.05) is 30.3 Å². The van der Waals surface area contributed by atoms with Crippen LogP contribution < -0.4 is 16.0 Å². The van der Waals surface area contributed by atoms with Gasteiger partial charge in [0, 0.05) is 17.4 Å².